The number of carboxylic acids is 1. The third-order valence-electron chi connectivity index (χ3n) is 7.69. The van der Waals surface area contributed by atoms with Gasteiger partial charge in [-0.05, 0) is 91.3 Å². The molecule has 0 fully saturated rings. The summed E-state index contributed by atoms with van der Waals surface area (Å²) in [5.41, 5.74) is 4.10. The van der Waals surface area contributed by atoms with Crippen LogP contribution in [0.4, 0.5) is 25.0 Å². The number of carbonyl (C=O) groups excluding carboxylic acids is 2. The van der Waals surface area contributed by atoms with E-state index in [2.05, 4.69) is 11.4 Å². The molecule has 1 aliphatic carbocycles. The van der Waals surface area contributed by atoms with Gasteiger partial charge in [0, 0.05) is 23.2 Å². The monoisotopic (exact) mass is 685 g/mol. The standard InChI is InChI=1S/C35H39F2N3O6S.H2O/c1-3-4-20-46-30-19-16-28(21-31(30)47(2)45)39-34(44)40(29-17-14-26(15-18-29)25-8-6-5-7-9-25)22-24-10-12-27(13-11-24)32(41)38-23-35(36,37)33(42)43;/h8,10-19,21H,3-7,9,20,22-23H2,1-2H3,(H,38,41)(H,39,44)(H,42,43);1H2. The lowest BCUT2D eigenvalue weighted by Crippen LogP contribution is -2.42. The van der Waals surface area contributed by atoms with Gasteiger partial charge in [-0.3, -0.25) is 13.9 Å². The van der Waals surface area contributed by atoms with Gasteiger partial charge in [0.15, 0.2) is 0 Å². The minimum absolute atomic E-state index is 0. The number of halogens is 2. The second-order valence-electron chi connectivity index (χ2n) is 11.2. The fourth-order valence-electron chi connectivity index (χ4n) is 5.00. The molecule has 1 atom stereocenters. The first-order valence-corrected chi connectivity index (χ1v) is 17.0. The number of urea groups is 1. The largest absolute Gasteiger partial charge is 0.492 e. The quantitative estimate of drug-likeness (QED) is 0.166. The maximum Gasteiger partial charge on any atom is 0.376 e. The number of carboxylic acid groups (broad SMARTS) is 1. The first kappa shape index (κ1) is 37.8. The summed E-state index contributed by atoms with van der Waals surface area (Å²) in [6, 6.07) is 18.3. The summed E-state index contributed by atoms with van der Waals surface area (Å²) in [5.74, 6) is -6.78. The van der Waals surface area contributed by atoms with Gasteiger partial charge >= 0.3 is 17.9 Å². The number of anilines is 2. The van der Waals surface area contributed by atoms with Crippen molar-refractivity contribution in [2.24, 2.45) is 0 Å². The van der Waals surface area contributed by atoms with Crippen molar-refractivity contribution in [2.75, 3.05) is 29.6 Å². The van der Waals surface area contributed by atoms with E-state index >= 15 is 0 Å². The maximum atomic E-state index is 13.8. The summed E-state index contributed by atoms with van der Waals surface area (Å²) < 4.78 is 45.1. The van der Waals surface area contributed by atoms with Crippen LogP contribution in [0.3, 0.4) is 0 Å². The zero-order valence-electron chi connectivity index (χ0n) is 26.9. The Morgan fingerprint density at radius 2 is 1.73 bits per heavy atom. The van der Waals surface area contributed by atoms with E-state index in [0.717, 1.165) is 37.7 Å². The average Bonchev–Trinajstić information content (AvgIpc) is 3.07. The molecule has 48 heavy (non-hydrogen) atoms. The van der Waals surface area contributed by atoms with Crippen LogP contribution in [0.1, 0.15) is 66.9 Å². The van der Waals surface area contributed by atoms with E-state index in [0.29, 0.717) is 34.2 Å². The summed E-state index contributed by atoms with van der Waals surface area (Å²) in [6.45, 7) is 1.29. The van der Waals surface area contributed by atoms with E-state index in [1.165, 1.54) is 29.0 Å². The summed E-state index contributed by atoms with van der Waals surface area (Å²) in [7, 11) is -1.37. The summed E-state index contributed by atoms with van der Waals surface area (Å²) in [6.07, 6.45) is 9.93. The van der Waals surface area contributed by atoms with E-state index < -0.39 is 41.2 Å². The number of benzene rings is 3. The van der Waals surface area contributed by atoms with Gasteiger partial charge in [-0.25, -0.2) is 9.59 Å². The summed E-state index contributed by atoms with van der Waals surface area (Å²) >= 11 is 0. The smallest absolute Gasteiger partial charge is 0.376 e. The SMILES string of the molecule is CCCCOc1ccc(NC(=O)N(Cc2ccc(C(=O)NCC(F)(F)C(=O)O)cc2)c2ccc(C3=CCCCC3)cc2)cc1S(C)=O.O. The number of carbonyl (C=O) groups is 3. The van der Waals surface area contributed by atoms with E-state index in [4.69, 9.17) is 9.84 Å². The predicted octanol–water partition coefficient (Wildman–Crippen LogP) is 6.42. The Bertz CT molecular complexity index is 1630. The van der Waals surface area contributed by atoms with Gasteiger partial charge in [0.25, 0.3) is 5.91 Å². The Labute approximate surface area is 280 Å². The first-order valence-electron chi connectivity index (χ1n) is 15.4. The minimum atomic E-state index is -4.10. The Balaban J connectivity index is 0.00000625. The molecule has 13 heteroatoms. The Kier molecular flexibility index (Phi) is 13.8. The van der Waals surface area contributed by atoms with E-state index in [9.17, 15) is 27.4 Å². The predicted molar refractivity (Wildman–Crippen MR) is 182 cm³/mol. The van der Waals surface area contributed by atoms with Gasteiger partial charge in [0.05, 0.1) is 35.4 Å². The zero-order valence-corrected chi connectivity index (χ0v) is 27.7. The molecule has 10 nitrogen and oxygen atoms in total. The van der Waals surface area contributed by atoms with E-state index in [-0.39, 0.29) is 17.6 Å². The van der Waals surface area contributed by atoms with Crippen molar-refractivity contribution in [1.29, 1.82) is 0 Å². The number of amides is 3. The van der Waals surface area contributed by atoms with Crippen LogP contribution in [-0.2, 0) is 22.1 Å². The lowest BCUT2D eigenvalue weighted by molar-refractivity contribution is -0.163. The number of nitrogens with one attached hydrogen (secondary N) is 2. The maximum absolute atomic E-state index is 13.8. The number of allylic oxidation sites excluding steroid dienone is 2. The highest BCUT2D eigenvalue weighted by atomic mass is 32.2. The van der Waals surface area contributed by atoms with Crippen LogP contribution in [0.25, 0.3) is 5.57 Å². The van der Waals surface area contributed by atoms with E-state index in [1.54, 1.807) is 36.6 Å². The van der Waals surface area contributed by atoms with Gasteiger partial charge in [0.1, 0.15) is 5.75 Å². The van der Waals surface area contributed by atoms with Crippen LogP contribution in [0.15, 0.2) is 77.7 Å². The lowest BCUT2D eigenvalue weighted by atomic mass is 9.93. The van der Waals surface area contributed by atoms with Crippen LogP contribution in [0.5, 0.6) is 5.75 Å². The molecule has 0 aliphatic heterocycles. The van der Waals surface area contributed by atoms with E-state index in [1.807, 2.05) is 36.5 Å². The van der Waals surface area contributed by atoms with Gasteiger partial charge in [-0.1, -0.05) is 43.7 Å². The highest BCUT2D eigenvalue weighted by Gasteiger charge is 2.39. The third-order valence-corrected chi connectivity index (χ3v) is 8.63. The van der Waals surface area contributed by atoms with Crippen LogP contribution in [0.2, 0.25) is 0 Å². The number of aliphatic carboxylic acids is 1. The van der Waals surface area contributed by atoms with Crippen molar-refractivity contribution in [3.05, 3.63) is 89.5 Å². The molecule has 0 saturated carbocycles. The number of ether oxygens (including phenoxy) is 1. The molecule has 0 heterocycles. The Morgan fingerprint density at radius 3 is 2.33 bits per heavy atom. The first-order chi connectivity index (χ1) is 22.5. The molecule has 3 aromatic rings. The number of rotatable bonds is 14. The molecule has 0 saturated heterocycles. The molecule has 0 spiro atoms. The van der Waals surface area contributed by atoms with Crippen molar-refractivity contribution in [2.45, 2.75) is 62.8 Å². The molecule has 0 aromatic heterocycles. The Morgan fingerprint density at radius 1 is 1.02 bits per heavy atom. The number of nitrogens with zero attached hydrogens (tertiary/aromatic N) is 1. The highest BCUT2D eigenvalue weighted by Crippen LogP contribution is 2.30. The normalized spacial score (nSPS) is 13.4. The molecule has 4 rings (SSSR count). The Hall–Kier alpha value is -4.62. The van der Waals surface area contributed by atoms with Crippen LogP contribution in [-0.4, -0.2) is 58.0 Å². The van der Waals surface area contributed by atoms with Gasteiger partial charge in [-0.2, -0.15) is 8.78 Å². The highest BCUT2D eigenvalue weighted by molar-refractivity contribution is 7.84. The van der Waals surface area contributed by atoms with Crippen molar-refractivity contribution in [3.8, 4) is 5.75 Å². The second-order valence-corrected chi connectivity index (χ2v) is 12.6. The number of hydrogen-bond acceptors (Lipinski definition) is 5. The van der Waals surface area contributed by atoms with Gasteiger partial charge < -0.3 is 26.0 Å². The summed E-state index contributed by atoms with van der Waals surface area (Å²) in [4.78, 5) is 38.8. The number of alkyl halides is 2. The molecule has 3 amide bonds. The third kappa shape index (κ3) is 10.2. The molecule has 1 unspecified atom stereocenters. The fraction of sp³-hybridized carbons (Fsp3) is 0.343. The molecule has 258 valence electrons. The molecule has 3 aromatic carbocycles. The average molecular weight is 686 g/mol. The molecule has 1 aliphatic rings. The molecule has 0 bridgehead atoms. The lowest BCUT2D eigenvalue weighted by Gasteiger charge is -2.24. The van der Waals surface area contributed by atoms with Crippen LogP contribution < -0.4 is 20.3 Å². The number of hydrogen-bond donors (Lipinski definition) is 3. The molecular weight excluding hydrogens is 644 g/mol. The molecule has 5 N–H and O–H groups in total. The fourth-order valence-corrected chi connectivity index (χ4v) is 5.70. The van der Waals surface area contributed by atoms with Crippen molar-refractivity contribution < 1.29 is 42.7 Å². The zero-order chi connectivity index (χ0) is 34.0. The summed E-state index contributed by atoms with van der Waals surface area (Å²) in [5, 5.41) is 13.4. The second kappa shape index (κ2) is 17.5. The minimum Gasteiger partial charge on any atom is -0.492 e. The van der Waals surface area contributed by atoms with Crippen molar-refractivity contribution >= 4 is 45.7 Å². The molecular formula is C35H41F2N3O7S. The van der Waals surface area contributed by atoms with Crippen molar-refractivity contribution in [3.63, 3.8) is 0 Å². The van der Waals surface area contributed by atoms with Gasteiger partial charge in [-0.15, -0.1) is 0 Å². The van der Waals surface area contributed by atoms with Crippen LogP contribution in [0, 0.1) is 0 Å². The molecule has 0 radical (unpaired) electrons. The number of unbranched alkanes of at least 4 members (excludes halogenated alkanes) is 1. The topological polar surface area (TPSA) is 157 Å². The van der Waals surface area contributed by atoms with Crippen LogP contribution >= 0.6 is 0 Å². The van der Waals surface area contributed by atoms with Gasteiger partial charge in [0.2, 0.25) is 0 Å². The van der Waals surface area contributed by atoms with Crippen molar-refractivity contribution in [1.82, 2.24) is 5.32 Å².